The molecule has 0 aliphatic carbocycles. The second-order valence-corrected chi connectivity index (χ2v) is 4.75. The Labute approximate surface area is 101 Å². The number of fused-ring (bicyclic) bond motifs is 1. The zero-order valence-electron chi connectivity index (χ0n) is 9.84. The molecule has 0 unspecified atom stereocenters. The Morgan fingerprint density at radius 3 is 2.82 bits per heavy atom. The molecule has 0 bridgehead atoms. The van der Waals surface area contributed by atoms with Crippen LogP contribution < -0.4 is 5.84 Å². The van der Waals surface area contributed by atoms with Crippen molar-refractivity contribution in [3.8, 4) is 0 Å². The number of hydrogen-bond acceptors (Lipinski definition) is 3. The number of hydrogen-bond donors (Lipinski definition) is 1. The molecule has 2 heterocycles. The van der Waals surface area contributed by atoms with Gasteiger partial charge in [-0.15, -0.1) is 0 Å². The van der Waals surface area contributed by atoms with Crippen molar-refractivity contribution >= 4 is 10.8 Å². The van der Waals surface area contributed by atoms with Gasteiger partial charge >= 0.3 is 0 Å². The number of piperidine rings is 1. The fourth-order valence-corrected chi connectivity index (χ4v) is 2.71. The molecule has 17 heavy (non-hydrogen) atoms. The number of rotatable bonds is 1. The summed E-state index contributed by atoms with van der Waals surface area (Å²) in [6, 6.07) is 8.64. The summed E-state index contributed by atoms with van der Waals surface area (Å²) in [5.41, 5.74) is 1.46. The molecule has 0 atom stereocenters. The minimum atomic E-state index is 0.640. The summed E-state index contributed by atoms with van der Waals surface area (Å²) in [7, 11) is 0. The van der Waals surface area contributed by atoms with E-state index in [0.29, 0.717) is 5.92 Å². The van der Waals surface area contributed by atoms with Gasteiger partial charge in [0.15, 0.2) is 0 Å². The van der Waals surface area contributed by atoms with Crippen LogP contribution in [0.4, 0.5) is 0 Å². The first kappa shape index (κ1) is 10.7. The first-order valence-electron chi connectivity index (χ1n) is 6.17. The van der Waals surface area contributed by atoms with E-state index in [9.17, 15) is 0 Å². The van der Waals surface area contributed by atoms with E-state index in [-0.39, 0.29) is 0 Å². The maximum absolute atomic E-state index is 5.81. The van der Waals surface area contributed by atoms with Crippen molar-refractivity contribution in [2.24, 2.45) is 5.84 Å². The van der Waals surface area contributed by atoms with Crippen molar-refractivity contribution in [3.05, 3.63) is 42.2 Å². The fourth-order valence-electron chi connectivity index (χ4n) is 2.71. The van der Waals surface area contributed by atoms with Crippen LogP contribution in [0.2, 0.25) is 0 Å². The largest absolute Gasteiger partial charge is 0.269 e. The molecule has 1 aliphatic heterocycles. The van der Waals surface area contributed by atoms with Gasteiger partial charge in [-0.1, -0.05) is 18.2 Å². The molecular formula is C14H17N3. The lowest BCUT2D eigenvalue weighted by atomic mass is 9.87. The molecule has 88 valence electrons. The molecule has 0 spiro atoms. The van der Waals surface area contributed by atoms with E-state index in [0.717, 1.165) is 25.9 Å². The van der Waals surface area contributed by atoms with Gasteiger partial charge < -0.3 is 0 Å². The summed E-state index contributed by atoms with van der Waals surface area (Å²) in [6.07, 6.45) is 6.12. The Balaban J connectivity index is 2.00. The molecule has 1 aromatic heterocycles. The second kappa shape index (κ2) is 4.43. The highest BCUT2D eigenvalue weighted by molar-refractivity contribution is 5.85. The third-order valence-corrected chi connectivity index (χ3v) is 3.68. The molecule has 2 N–H and O–H groups in total. The van der Waals surface area contributed by atoms with Gasteiger partial charge in [0.1, 0.15) is 0 Å². The van der Waals surface area contributed by atoms with Crippen LogP contribution >= 0.6 is 0 Å². The highest BCUT2D eigenvalue weighted by Crippen LogP contribution is 2.31. The van der Waals surface area contributed by atoms with Crippen LogP contribution in [-0.4, -0.2) is 23.1 Å². The van der Waals surface area contributed by atoms with Crippen molar-refractivity contribution in [2.75, 3.05) is 13.1 Å². The monoisotopic (exact) mass is 227 g/mol. The van der Waals surface area contributed by atoms with Crippen LogP contribution in [0.5, 0.6) is 0 Å². The van der Waals surface area contributed by atoms with E-state index in [2.05, 4.69) is 29.2 Å². The Hall–Kier alpha value is -1.45. The Morgan fingerprint density at radius 2 is 2.00 bits per heavy atom. The molecule has 1 saturated heterocycles. The molecular weight excluding hydrogens is 210 g/mol. The predicted octanol–water partition coefficient (Wildman–Crippen LogP) is 2.29. The SMILES string of the molecule is NN1CCC(c2cccc3cnccc23)CC1. The van der Waals surface area contributed by atoms with Gasteiger partial charge in [-0.05, 0) is 35.8 Å². The quantitative estimate of drug-likeness (QED) is 0.760. The van der Waals surface area contributed by atoms with Crippen LogP contribution in [0.15, 0.2) is 36.7 Å². The summed E-state index contributed by atoms with van der Waals surface area (Å²) < 4.78 is 0. The van der Waals surface area contributed by atoms with Crippen molar-refractivity contribution < 1.29 is 0 Å². The Bertz CT molecular complexity index is 510. The standard InChI is InChI=1S/C14H17N3/c15-17-8-5-11(6-9-17)13-3-1-2-12-10-16-7-4-14(12)13/h1-4,7,10-11H,5-6,8-9,15H2. The summed E-state index contributed by atoms with van der Waals surface area (Å²) in [5.74, 6) is 6.45. The van der Waals surface area contributed by atoms with E-state index >= 15 is 0 Å². The number of nitrogens with zero attached hydrogens (tertiary/aromatic N) is 2. The van der Waals surface area contributed by atoms with Crippen LogP contribution in [0.3, 0.4) is 0 Å². The van der Waals surface area contributed by atoms with Gasteiger partial charge in [0.25, 0.3) is 0 Å². The van der Waals surface area contributed by atoms with Crippen molar-refractivity contribution in [1.82, 2.24) is 9.99 Å². The second-order valence-electron chi connectivity index (χ2n) is 4.75. The first-order chi connectivity index (χ1) is 8.34. The molecule has 3 nitrogen and oxygen atoms in total. The van der Waals surface area contributed by atoms with Crippen LogP contribution in [-0.2, 0) is 0 Å². The number of hydrazine groups is 1. The lowest BCUT2D eigenvalue weighted by Gasteiger charge is -2.29. The van der Waals surface area contributed by atoms with Gasteiger partial charge in [0.2, 0.25) is 0 Å². The smallest absolute Gasteiger partial charge is 0.0346 e. The predicted molar refractivity (Wildman–Crippen MR) is 69.5 cm³/mol. The summed E-state index contributed by atoms with van der Waals surface area (Å²) >= 11 is 0. The van der Waals surface area contributed by atoms with Gasteiger partial charge in [-0.25, -0.2) is 5.01 Å². The zero-order valence-corrected chi connectivity index (χ0v) is 9.84. The molecule has 1 aliphatic rings. The topological polar surface area (TPSA) is 42.1 Å². The van der Waals surface area contributed by atoms with Gasteiger partial charge in [0, 0.05) is 30.9 Å². The minimum absolute atomic E-state index is 0.640. The zero-order chi connectivity index (χ0) is 11.7. The molecule has 1 fully saturated rings. The van der Waals surface area contributed by atoms with Gasteiger partial charge in [0.05, 0.1) is 0 Å². The molecule has 0 amide bonds. The maximum atomic E-state index is 5.81. The van der Waals surface area contributed by atoms with E-state index < -0.39 is 0 Å². The van der Waals surface area contributed by atoms with E-state index in [1.165, 1.54) is 16.3 Å². The van der Waals surface area contributed by atoms with Crippen molar-refractivity contribution in [1.29, 1.82) is 0 Å². The van der Waals surface area contributed by atoms with Crippen molar-refractivity contribution in [3.63, 3.8) is 0 Å². The van der Waals surface area contributed by atoms with E-state index in [4.69, 9.17) is 5.84 Å². The van der Waals surface area contributed by atoms with Crippen LogP contribution in [0.1, 0.15) is 24.3 Å². The normalized spacial score (nSPS) is 18.6. The molecule has 3 heteroatoms. The summed E-state index contributed by atoms with van der Waals surface area (Å²) in [5, 5.41) is 4.50. The highest BCUT2D eigenvalue weighted by Gasteiger charge is 2.20. The van der Waals surface area contributed by atoms with Gasteiger partial charge in [-0.3, -0.25) is 10.8 Å². The number of benzene rings is 1. The average Bonchev–Trinajstić information content (AvgIpc) is 2.39. The molecule has 1 aromatic carbocycles. The van der Waals surface area contributed by atoms with Crippen molar-refractivity contribution in [2.45, 2.75) is 18.8 Å². The third-order valence-electron chi connectivity index (χ3n) is 3.68. The molecule has 2 aromatic rings. The van der Waals surface area contributed by atoms with E-state index in [1.807, 2.05) is 17.4 Å². The maximum Gasteiger partial charge on any atom is 0.0346 e. The number of aromatic nitrogens is 1. The third kappa shape index (κ3) is 2.04. The van der Waals surface area contributed by atoms with Crippen LogP contribution in [0.25, 0.3) is 10.8 Å². The lowest BCUT2D eigenvalue weighted by Crippen LogP contribution is -2.38. The Morgan fingerprint density at radius 1 is 1.18 bits per heavy atom. The number of nitrogens with two attached hydrogens (primary N) is 1. The van der Waals surface area contributed by atoms with Gasteiger partial charge in [-0.2, -0.15) is 0 Å². The first-order valence-corrected chi connectivity index (χ1v) is 6.17. The highest BCUT2D eigenvalue weighted by atomic mass is 15.4. The van der Waals surface area contributed by atoms with E-state index in [1.54, 1.807) is 0 Å². The molecule has 3 rings (SSSR count). The summed E-state index contributed by atoms with van der Waals surface area (Å²) in [6.45, 7) is 1.98. The lowest BCUT2D eigenvalue weighted by molar-refractivity contribution is 0.218. The number of pyridine rings is 1. The minimum Gasteiger partial charge on any atom is -0.269 e. The molecule has 0 saturated carbocycles. The average molecular weight is 227 g/mol. The fraction of sp³-hybridized carbons (Fsp3) is 0.357. The molecule has 0 radical (unpaired) electrons. The Kier molecular flexibility index (Phi) is 2.79. The summed E-state index contributed by atoms with van der Waals surface area (Å²) in [4.78, 5) is 4.18. The van der Waals surface area contributed by atoms with Crippen LogP contribution in [0, 0.1) is 0 Å².